The maximum Gasteiger partial charge on any atom is 0.330 e. The van der Waals surface area contributed by atoms with E-state index >= 15 is 0 Å². The van der Waals surface area contributed by atoms with Crippen LogP contribution in [0.25, 0.3) is 0 Å². The number of aliphatic carboxylic acids is 1. The predicted molar refractivity (Wildman–Crippen MR) is 94.0 cm³/mol. The Morgan fingerprint density at radius 3 is 2.43 bits per heavy atom. The van der Waals surface area contributed by atoms with E-state index < -0.39 is 39.6 Å². The van der Waals surface area contributed by atoms with E-state index in [-0.39, 0.29) is 16.0 Å². The number of hydrogen-bond donors (Lipinski definition) is 3. The summed E-state index contributed by atoms with van der Waals surface area (Å²) in [6, 6.07) is 3.38. The maximum absolute atomic E-state index is 13.4. The first-order chi connectivity index (χ1) is 13.1. The van der Waals surface area contributed by atoms with Crippen LogP contribution in [0.3, 0.4) is 0 Å². The molecule has 0 unspecified atom stereocenters. The molecular weight excluding hydrogens is 394 g/mol. The van der Waals surface area contributed by atoms with Gasteiger partial charge in [0.05, 0.1) is 4.90 Å². The van der Waals surface area contributed by atoms with Gasteiger partial charge in [-0.3, -0.25) is 4.79 Å². The van der Waals surface area contributed by atoms with Crippen molar-refractivity contribution in [3.63, 3.8) is 0 Å². The Hall–Kier alpha value is -2.85. The lowest BCUT2D eigenvalue weighted by Gasteiger charge is -2.16. The minimum atomic E-state index is -4.08. The average Bonchev–Trinajstić information content (AvgIpc) is 3.08. The Balaban J connectivity index is 1.97. The van der Waals surface area contributed by atoms with Crippen LogP contribution in [-0.4, -0.2) is 25.4 Å². The lowest BCUT2D eigenvalue weighted by Crippen LogP contribution is -2.34. The summed E-state index contributed by atoms with van der Waals surface area (Å²) in [5.74, 6) is -4.79. The van der Waals surface area contributed by atoms with Crippen molar-refractivity contribution < 1.29 is 31.9 Å². The topological polar surface area (TPSA) is 127 Å². The molecule has 0 bridgehead atoms. The van der Waals surface area contributed by atoms with Crippen LogP contribution < -0.4 is 10.5 Å². The third-order valence-electron chi connectivity index (χ3n) is 4.54. The molecule has 0 saturated carbocycles. The van der Waals surface area contributed by atoms with Gasteiger partial charge in [0.1, 0.15) is 0 Å². The second-order valence-corrected chi connectivity index (χ2v) is 7.96. The number of rotatable bonds is 5. The molecule has 1 aliphatic carbocycles. The van der Waals surface area contributed by atoms with Gasteiger partial charge in [-0.2, -0.15) is 0 Å². The Labute approximate surface area is 159 Å². The van der Waals surface area contributed by atoms with Gasteiger partial charge in [0.2, 0.25) is 10.0 Å². The lowest BCUT2D eigenvalue weighted by molar-refractivity contribution is -0.139. The molecule has 2 aromatic rings. The molecule has 0 heterocycles. The van der Waals surface area contributed by atoms with Crippen molar-refractivity contribution in [2.45, 2.75) is 30.2 Å². The fourth-order valence-corrected chi connectivity index (χ4v) is 4.11. The van der Waals surface area contributed by atoms with Crippen molar-refractivity contribution in [3.8, 4) is 0 Å². The molecule has 10 heteroatoms. The van der Waals surface area contributed by atoms with Crippen LogP contribution in [0.5, 0.6) is 0 Å². The Morgan fingerprint density at radius 1 is 1.11 bits per heavy atom. The number of halogens is 2. The number of carboxylic acids is 1. The summed E-state index contributed by atoms with van der Waals surface area (Å²) in [7, 11) is -4.08. The van der Waals surface area contributed by atoms with Crippen molar-refractivity contribution >= 4 is 21.9 Å². The zero-order valence-corrected chi connectivity index (χ0v) is 15.2. The minimum absolute atomic E-state index is 0.0847. The molecule has 28 heavy (non-hydrogen) atoms. The van der Waals surface area contributed by atoms with E-state index in [1.165, 1.54) is 6.07 Å². The summed E-state index contributed by atoms with van der Waals surface area (Å²) in [5.41, 5.74) is 0.942. The molecule has 1 atom stereocenters. The highest BCUT2D eigenvalue weighted by Gasteiger charge is 2.27. The van der Waals surface area contributed by atoms with Crippen LogP contribution in [-0.2, 0) is 27.7 Å². The molecule has 0 aliphatic heterocycles. The van der Waals surface area contributed by atoms with Crippen LogP contribution in [0.2, 0.25) is 0 Å². The summed E-state index contributed by atoms with van der Waals surface area (Å²) < 4.78 is 50.3. The number of primary sulfonamides is 1. The van der Waals surface area contributed by atoms with E-state index in [0.29, 0.717) is 36.5 Å². The van der Waals surface area contributed by atoms with Gasteiger partial charge in [0, 0.05) is 5.56 Å². The van der Waals surface area contributed by atoms with Crippen LogP contribution in [0.1, 0.15) is 39.5 Å². The van der Waals surface area contributed by atoms with Gasteiger partial charge in [-0.1, -0.05) is 6.07 Å². The Morgan fingerprint density at radius 2 is 1.82 bits per heavy atom. The quantitative estimate of drug-likeness (QED) is 0.691. The van der Waals surface area contributed by atoms with Gasteiger partial charge in [0.15, 0.2) is 17.7 Å². The van der Waals surface area contributed by atoms with Gasteiger partial charge in [0.25, 0.3) is 5.91 Å². The number of benzene rings is 2. The first-order valence-electron chi connectivity index (χ1n) is 8.25. The van der Waals surface area contributed by atoms with Crippen molar-refractivity contribution in [1.82, 2.24) is 5.32 Å². The molecule has 7 nitrogen and oxygen atoms in total. The van der Waals surface area contributed by atoms with Crippen LogP contribution in [0.15, 0.2) is 35.2 Å². The highest BCUT2D eigenvalue weighted by molar-refractivity contribution is 7.89. The zero-order chi connectivity index (χ0) is 20.6. The fourth-order valence-electron chi connectivity index (χ4n) is 3.24. The first-order valence-corrected chi connectivity index (χ1v) is 9.80. The number of aryl methyl sites for hydroxylation is 1. The van der Waals surface area contributed by atoms with Crippen LogP contribution in [0, 0.1) is 11.6 Å². The molecule has 0 fully saturated rings. The minimum Gasteiger partial charge on any atom is -0.479 e. The van der Waals surface area contributed by atoms with Gasteiger partial charge in [-0.25, -0.2) is 27.1 Å². The number of amides is 1. The van der Waals surface area contributed by atoms with Crippen molar-refractivity contribution in [2.75, 3.05) is 0 Å². The molecular formula is C18H16F2N2O5S. The molecule has 4 N–H and O–H groups in total. The standard InChI is InChI=1S/C18H16F2N2O5S/c19-13-5-4-10(7-14(13)20)16(18(24)25)22-17(23)11-6-9-2-1-3-12(9)15(8-11)28(21,26)27/h4-8,16H,1-3H2,(H,22,23)(H,24,25)(H2,21,26,27)/t16-/m1/s1. The highest BCUT2D eigenvalue weighted by atomic mass is 32.2. The Kier molecular flexibility index (Phi) is 5.18. The molecule has 1 aliphatic rings. The maximum atomic E-state index is 13.4. The third kappa shape index (κ3) is 3.87. The van der Waals surface area contributed by atoms with E-state index in [9.17, 15) is 31.9 Å². The summed E-state index contributed by atoms with van der Waals surface area (Å²) in [6.07, 6.45) is 1.77. The first kappa shape index (κ1) is 19.9. The highest BCUT2D eigenvalue weighted by Crippen LogP contribution is 2.29. The molecule has 0 radical (unpaired) electrons. The number of carbonyl (C=O) groups is 2. The van der Waals surface area contributed by atoms with Crippen molar-refractivity contribution in [3.05, 3.63) is 64.2 Å². The summed E-state index contributed by atoms with van der Waals surface area (Å²) in [4.78, 5) is 23.9. The molecule has 148 valence electrons. The SMILES string of the molecule is NS(=O)(=O)c1cc(C(=O)N[C@@H](C(=O)O)c2ccc(F)c(F)c2)cc2c1CCC2. The van der Waals surface area contributed by atoms with E-state index in [4.69, 9.17) is 5.14 Å². The molecule has 2 aromatic carbocycles. The molecule has 3 rings (SSSR count). The summed E-state index contributed by atoms with van der Waals surface area (Å²) in [5, 5.41) is 16.8. The molecule has 0 spiro atoms. The van der Waals surface area contributed by atoms with Crippen LogP contribution in [0.4, 0.5) is 8.78 Å². The molecule has 0 aromatic heterocycles. The van der Waals surface area contributed by atoms with Crippen molar-refractivity contribution in [2.24, 2.45) is 5.14 Å². The number of fused-ring (bicyclic) bond motifs is 1. The number of carboxylic acid groups (broad SMARTS) is 1. The number of sulfonamides is 1. The van der Waals surface area contributed by atoms with Crippen molar-refractivity contribution in [1.29, 1.82) is 0 Å². The largest absolute Gasteiger partial charge is 0.479 e. The lowest BCUT2D eigenvalue weighted by atomic mass is 10.0. The average molecular weight is 410 g/mol. The second-order valence-electron chi connectivity index (χ2n) is 6.43. The van der Waals surface area contributed by atoms with E-state index in [1.807, 2.05) is 0 Å². The van der Waals surface area contributed by atoms with Gasteiger partial charge in [-0.15, -0.1) is 0 Å². The monoisotopic (exact) mass is 410 g/mol. The number of nitrogens with two attached hydrogens (primary N) is 1. The van der Waals surface area contributed by atoms with Crippen LogP contribution >= 0.6 is 0 Å². The number of nitrogens with one attached hydrogen (secondary N) is 1. The second kappa shape index (κ2) is 7.28. The summed E-state index contributed by atoms with van der Waals surface area (Å²) >= 11 is 0. The number of carbonyl (C=O) groups excluding carboxylic acids is 1. The van der Waals surface area contributed by atoms with E-state index in [2.05, 4.69) is 5.32 Å². The zero-order valence-electron chi connectivity index (χ0n) is 14.4. The van der Waals surface area contributed by atoms with Gasteiger partial charge < -0.3 is 10.4 Å². The smallest absolute Gasteiger partial charge is 0.330 e. The normalized spacial score (nSPS) is 14.4. The number of hydrogen-bond acceptors (Lipinski definition) is 4. The summed E-state index contributed by atoms with van der Waals surface area (Å²) in [6.45, 7) is 0. The molecule has 0 saturated heterocycles. The van der Waals surface area contributed by atoms with E-state index in [1.54, 1.807) is 0 Å². The van der Waals surface area contributed by atoms with Gasteiger partial charge >= 0.3 is 5.97 Å². The fraction of sp³-hybridized carbons (Fsp3) is 0.222. The van der Waals surface area contributed by atoms with Gasteiger partial charge in [-0.05, 0) is 60.2 Å². The predicted octanol–water partition coefficient (Wildman–Crippen LogP) is 1.66. The molecule has 1 amide bonds. The third-order valence-corrected chi connectivity index (χ3v) is 5.52. The van der Waals surface area contributed by atoms with E-state index in [0.717, 1.165) is 18.2 Å². The Bertz CT molecular complexity index is 1090.